The van der Waals surface area contributed by atoms with Crippen molar-refractivity contribution in [1.29, 1.82) is 5.41 Å². The fraction of sp³-hybridized carbons (Fsp3) is 0.333. The number of Topliss-reactive ketones (excluding diaryl/α,β-unsaturated/α-hetero) is 1. The lowest BCUT2D eigenvalue weighted by molar-refractivity contribution is -0.116. The maximum absolute atomic E-state index is 12.2. The normalized spacial score (nSPS) is 11.5. The first-order valence-electron chi connectivity index (χ1n) is 8.17. The second-order valence-corrected chi connectivity index (χ2v) is 6.51. The van der Waals surface area contributed by atoms with E-state index in [0.717, 1.165) is 5.39 Å². The van der Waals surface area contributed by atoms with Gasteiger partial charge in [-0.15, -0.1) is 0 Å². The molecule has 0 bridgehead atoms. The van der Waals surface area contributed by atoms with Crippen LogP contribution >= 0.6 is 0 Å². The van der Waals surface area contributed by atoms with Crippen molar-refractivity contribution in [2.45, 2.75) is 26.7 Å². The number of nitrogens with zero attached hydrogens (tertiary/aromatic N) is 1. The second kappa shape index (κ2) is 6.60. The molecule has 2 heterocycles. The van der Waals surface area contributed by atoms with E-state index in [1.165, 1.54) is 0 Å². The number of anilines is 1. The Kier molecular flexibility index (Phi) is 4.50. The Labute approximate surface area is 143 Å². The molecule has 1 amide bonds. The maximum Gasteiger partial charge on any atom is 0.224 e. The fourth-order valence-electron chi connectivity index (χ4n) is 2.91. The minimum atomic E-state index is -0.233. The predicted molar refractivity (Wildman–Crippen MR) is 94.8 cm³/mol. The molecule has 130 valence electrons. The summed E-state index contributed by atoms with van der Waals surface area (Å²) < 4.78 is 0. The molecule has 0 aliphatic carbocycles. The van der Waals surface area contributed by atoms with Gasteiger partial charge in [0, 0.05) is 29.8 Å². The van der Waals surface area contributed by atoms with Crippen molar-refractivity contribution in [2.24, 2.45) is 5.92 Å². The maximum atomic E-state index is 12.2. The number of pyridine rings is 1. The van der Waals surface area contributed by atoms with Gasteiger partial charge < -0.3 is 15.4 Å². The zero-order valence-corrected chi connectivity index (χ0v) is 14.1. The fourth-order valence-corrected chi connectivity index (χ4v) is 2.91. The van der Waals surface area contributed by atoms with Crippen molar-refractivity contribution in [2.75, 3.05) is 11.9 Å². The third-order valence-corrected chi connectivity index (χ3v) is 3.99. The smallest absolute Gasteiger partial charge is 0.224 e. The number of aliphatic hydroxyl groups excluding tert-OH is 1. The van der Waals surface area contributed by atoms with E-state index in [0.29, 0.717) is 34.2 Å². The van der Waals surface area contributed by atoms with Gasteiger partial charge in [-0.3, -0.25) is 20.0 Å². The molecule has 2 aromatic heterocycles. The number of aliphatic hydroxyl groups is 1. The molecular weight excluding hydrogens is 320 g/mol. The van der Waals surface area contributed by atoms with E-state index in [2.05, 4.69) is 15.3 Å². The lowest BCUT2D eigenvalue weighted by Crippen LogP contribution is -2.16. The highest BCUT2D eigenvalue weighted by molar-refractivity contribution is 6.15. The van der Waals surface area contributed by atoms with E-state index in [1.54, 1.807) is 18.3 Å². The summed E-state index contributed by atoms with van der Waals surface area (Å²) in [6, 6.07) is 3.21. The van der Waals surface area contributed by atoms with Crippen molar-refractivity contribution < 1.29 is 14.7 Å². The van der Waals surface area contributed by atoms with Gasteiger partial charge in [-0.05, 0) is 18.1 Å². The first-order valence-corrected chi connectivity index (χ1v) is 8.17. The van der Waals surface area contributed by atoms with Crippen LogP contribution in [0.15, 0.2) is 18.3 Å². The van der Waals surface area contributed by atoms with Crippen LogP contribution in [0.5, 0.6) is 0 Å². The SMILES string of the molecule is CC(C)CC(=O)Nc1cc(=N)c2ncc3cc(C(=O)CCO)[nH]c1c32. The molecule has 0 unspecified atom stereocenters. The third kappa shape index (κ3) is 3.23. The van der Waals surface area contributed by atoms with Crippen molar-refractivity contribution >= 4 is 39.2 Å². The molecule has 0 aliphatic rings. The summed E-state index contributed by atoms with van der Waals surface area (Å²) in [6.45, 7) is 3.67. The van der Waals surface area contributed by atoms with Crippen molar-refractivity contribution in [3.63, 3.8) is 0 Å². The number of hydrogen-bond donors (Lipinski definition) is 4. The Morgan fingerprint density at radius 1 is 1.36 bits per heavy atom. The van der Waals surface area contributed by atoms with E-state index in [9.17, 15) is 9.59 Å². The Balaban J connectivity index is 2.17. The molecule has 7 nitrogen and oxygen atoms in total. The van der Waals surface area contributed by atoms with Gasteiger partial charge in [-0.25, -0.2) is 0 Å². The molecule has 0 fully saturated rings. The number of carbonyl (C=O) groups excluding carboxylic acids is 2. The number of H-pyrrole nitrogens is 1. The highest BCUT2D eigenvalue weighted by Gasteiger charge is 2.17. The van der Waals surface area contributed by atoms with E-state index in [-0.39, 0.29) is 36.0 Å². The zero-order valence-electron chi connectivity index (χ0n) is 14.1. The van der Waals surface area contributed by atoms with Gasteiger partial charge in [0.1, 0.15) is 0 Å². The Bertz CT molecular complexity index is 1010. The summed E-state index contributed by atoms with van der Waals surface area (Å²) in [6.07, 6.45) is 1.99. The number of benzene rings is 1. The lowest BCUT2D eigenvalue weighted by Gasteiger charge is -2.12. The van der Waals surface area contributed by atoms with Gasteiger partial charge in [0.25, 0.3) is 0 Å². The van der Waals surface area contributed by atoms with Crippen LogP contribution in [0, 0.1) is 11.3 Å². The predicted octanol–water partition coefficient (Wildman–Crippen LogP) is 2.18. The van der Waals surface area contributed by atoms with Crippen LogP contribution in [-0.4, -0.2) is 33.4 Å². The molecule has 7 heteroatoms. The lowest BCUT2D eigenvalue weighted by atomic mass is 10.1. The highest BCUT2D eigenvalue weighted by atomic mass is 16.3. The number of aromatic nitrogens is 2. The van der Waals surface area contributed by atoms with Crippen LogP contribution in [0.25, 0.3) is 21.8 Å². The molecule has 0 saturated heterocycles. The number of nitrogens with one attached hydrogen (secondary N) is 3. The van der Waals surface area contributed by atoms with Crippen LogP contribution in [-0.2, 0) is 4.79 Å². The molecule has 3 rings (SSSR count). The van der Waals surface area contributed by atoms with Crippen LogP contribution in [0.3, 0.4) is 0 Å². The summed E-state index contributed by atoms with van der Waals surface area (Å²) in [5.74, 6) is -0.163. The molecule has 25 heavy (non-hydrogen) atoms. The first-order chi connectivity index (χ1) is 11.9. The summed E-state index contributed by atoms with van der Waals surface area (Å²) in [5.41, 5.74) is 1.89. The number of amides is 1. The molecule has 0 aliphatic heterocycles. The monoisotopic (exact) mass is 340 g/mol. The number of ketones is 1. The van der Waals surface area contributed by atoms with Crippen molar-refractivity contribution in [1.82, 2.24) is 9.97 Å². The average Bonchev–Trinajstić information content (AvgIpc) is 2.96. The molecule has 1 aromatic carbocycles. The van der Waals surface area contributed by atoms with Crippen LogP contribution in [0.2, 0.25) is 0 Å². The quantitative estimate of drug-likeness (QED) is 0.514. The molecular formula is C18H20N4O3. The standard InChI is InChI=1S/C18H20N4O3/c1-9(2)5-15(25)21-13-7-11(19)17-16-10(8-20-17)6-12(22-18(13)16)14(24)3-4-23/h6-9,19,22-23H,3-5H2,1-2H3,(H,21,25). The molecule has 0 saturated carbocycles. The molecule has 0 radical (unpaired) electrons. The zero-order chi connectivity index (χ0) is 18.1. The molecule has 4 N–H and O–H groups in total. The summed E-state index contributed by atoms with van der Waals surface area (Å²) in [4.78, 5) is 31.6. The largest absolute Gasteiger partial charge is 0.396 e. The minimum absolute atomic E-state index is 0.0109. The summed E-state index contributed by atoms with van der Waals surface area (Å²) in [5, 5.41) is 21.6. The van der Waals surface area contributed by atoms with Gasteiger partial charge >= 0.3 is 0 Å². The highest BCUT2D eigenvalue weighted by Crippen LogP contribution is 2.29. The topological polar surface area (TPSA) is 119 Å². The van der Waals surface area contributed by atoms with Crippen molar-refractivity contribution in [3.8, 4) is 0 Å². The van der Waals surface area contributed by atoms with E-state index in [1.807, 2.05) is 13.8 Å². The first kappa shape index (κ1) is 17.0. The number of carbonyl (C=O) groups is 2. The van der Waals surface area contributed by atoms with Crippen LogP contribution in [0.1, 0.15) is 37.2 Å². The number of aromatic amines is 1. The average molecular weight is 340 g/mol. The van der Waals surface area contributed by atoms with Gasteiger partial charge in [-0.2, -0.15) is 0 Å². The Hall–Kier alpha value is -2.80. The van der Waals surface area contributed by atoms with Crippen LogP contribution < -0.4 is 10.7 Å². The van der Waals surface area contributed by atoms with Gasteiger partial charge in [-0.1, -0.05) is 13.8 Å². The number of hydrogen-bond acceptors (Lipinski definition) is 5. The van der Waals surface area contributed by atoms with Crippen LogP contribution in [0.4, 0.5) is 5.69 Å². The van der Waals surface area contributed by atoms with Gasteiger partial charge in [0.05, 0.1) is 34.4 Å². The minimum Gasteiger partial charge on any atom is -0.396 e. The molecule has 0 atom stereocenters. The number of rotatable bonds is 6. The molecule has 0 spiro atoms. The Morgan fingerprint density at radius 3 is 2.80 bits per heavy atom. The van der Waals surface area contributed by atoms with E-state index >= 15 is 0 Å². The van der Waals surface area contributed by atoms with E-state index < -0.39 is 0 Å². The summed E-state index contributed by atoms with van der Waals surface area (Å²) >= 11 is 0. The Morgan fingerprint density at radius 2 is 2.12 bits per heavy atom. The van der Waals surface area contributed by atoms with Gasteiger partial charge in [0.15, 0.2) is 5.78 Å². The van der Waals surface area contributed by atoms with E-state index in [4.69, 9.17) is 10.5 Å². The summed E-state index contributed by atoms with van der Waals surface area (Å²) in [7, 11) is 0. The molecule has 3 aromatic rings. The second-order valence-electron chi connectivity index (χ2n) is 6.51. The van der Waals surface area contributed by atoms with Crippen molar-refractivity contribution in [3.05, 3.63) is 29.4 Å². The third-order valence-electron chi connectivity index (χ3n) is 3.99. The van der Waals surface area contributed by atoms with Gasteiger partial charge in [0.2, 0.25) is 5.91 Å².